The van der Waals surface area contributed by atoms with Crippen LogP contribution < -0.4 is 0 Å². The summed E-state index contributed by atoms with van der Waals surface area (Å²) in [7, 11) is -3.60. The number of sulfone groups is 1. The SMILES string of the molecule is Cc1cc(C(=O)CS(=O)(=O)c2ccc(Br)cc2)c(C)s1. The van der Waals surface area contributed by atoms with Gasteiger partial charge in [-0.05, 0) is 44.2 Å². The van der Waals surface area contributed by atoms with Crippen LogP contribution in [-0.2, 0) is 9.84 Å². The Hall–Kier alpha value is -0.980. The molecule has 3 nitrogen and oxygen atoms in total. The lowest BCUT2D eigenvalue weighted by molar-refractivity contribution is 0.102. The van der Waals surface area contributed by atoms with Crippen LogP contribution in [0.3, 0.4) is 0 Å². The lowest BCUT2D eigenvalue weighted by Crippen LogP contribution is -2.16. The summed E-state index contributed by atoms with van der Waals surface area (Å²) in [5.74, 6) is -0.846. The maximum Gasteiger partial charge on any atom is 0.185 e. The third-order valence-electron chi connectivity index (χ3n) is 2.84. The molecule has 0 radical (unpaired) electrons. The van der Waals surface area contributed by atoms with Crippen LogP contribution >= 0.6 is 27.3 Å². The zero-order chi connectivity index (χ0) is 14.9. The minimum Gasteiger partial charge on any atom is -0.293 e. The molecule has 0 amide bonds. The van der Waals surface area contributed by atoms with Gasteiger partial charge in [0.25, 0.3) is 0 Å². The number of benzene rings is 1. The van der Waals surface area contributed by atoms with Crippen LogP contribution in [0.15, 0.2) is 39.7 Å². The van der Waals surface area contributed by atoms with E-state index in [2.05, 4.69) is 15.9 Å². The number of carbonyl (C=O) groups excluding carboxylic acids is 1. The molecule has 2 aromatic rings. The summed E-state index contributed by atoms with van der Waals surface area (Å²) < 4.78 is 25.2. The number of aryl methyl sites for hydroxylation is 2. The third kappa shape index (κ3) is 3.37. The average molecular weight is 373 g/mol. The molecule has 0 saturated heterocycles. The number of thiophene rings is 1. The first-order valence-electron chi connectivity index (χ1n) is 5.88. The van der Waals surface area contributed by atoms with Gasteiger partial charge in [0.05, 0.1) is 4.90 Å². The van der Waals surface area contributed by atoms with Gasteiger partial charge in [0.2, 0.25) is 0 Å². The van der Waals surface area contributed by atoms with E-state index in [0.717, 1.165) is 14.2 Å². The first-order chi connectivity index (χ1) is 9.29. The van der Waals surface area contributed by atoms with E-state index >= 15 is 0 Å². The zero-order valence-corrected chi connectivity index (χ0v) is 14.2. The minimum absolute atomic E-state index is 0.165. The predicted molar refractivity (Wildman–Crippen MR) is 84.3 cm³/mol. The van der Waals surface area contributed by atoms with Crippen molar-refractivity contribution in [3.63, 3.8) is 0 Å². The summed E-state index contributed by atoms with van der Waals surface area (Å²) >= 11 is 4.75. The molecule has 106 valence electrons. The summed E-state index contributed by atoms with van der Waals surface area (Å²) in [6, 6.07) is 8.05. The normalized spacial score (nSPS) is 11.6. The molecule has 0 aliphatic carbocycles. The largest absolute Gasteiger partial charge is 0.293 e. The fraction of sp³-hybridized carbons (Fsp3) is 0.214. The van der Waals surface area contributed by atoms with Crippen LogP contribution in [0.2, 0.25) is 0 Å². The molecule has 1 aromatic heterocycles. The van der Waals surface area contributed by atoms with Crippen molar-refractivity contribution in [2.24, 2.45) is 0 Å². The van der Waals surface area contributed by atoms with Crippen molar-refractivity contribution in [3.8, 4) is 0 Å². The number of carbonyl (C=O) groups is 1. The van der Waals surface area contributed by atoms with E-state index in [1.165, 1.54) is 23.5 Å². The molecule has 0 saturated carbocycles. The van der Waals surface area contributed by atoms with Gasteiger partial charge in [-0.15, -0.1) is 11.3 Å². The second-order valence-electron chi connectivity index (χ2n) is 4.46. The molecule has 0 atom stereocenters. The summed E-state index contributed by atoms with van der Waals surface area (Å²) in [4.78, 5) is 14.2. The molecule has 0 bridgehead atoms. The summed E-state index contributed by atoms with van der Waals surface area (Å²) in [6.45, 7) is 3.73. The Labute approximate surface area is 130 Å². The Morgan fingerprint density at radius 1 is 1.20 bits per heavy atom. The van der Waals surface area contributed by atoms with E-state index in [1.807, 2.05) is 13.8 Å². The summed E-state index contributed by atoms with van der Waals surface area (Å²) in [6.07, 6.45) is 0. The second kappa shape index (κ2) is 5.79. The van der Waals surface area contributed by atoms with Gasteiger partial charge in [-0.2, -0.15) is 0 Å². The number of hydrogen-bond acceptors (Lipinski definition) is 4. The van der Waals surface area contributed by atoms with Crippen LogP contribution in [-0.4, -0.2) is 20.0 Å². The van der Waals surface area contributed by atoms with Gasteiger partial charge in [0.1, 0.15) is 5.75 Å². The van der Waals surface area contributed by atoms with Crippen molar-refractivity contribution in [3.05, 3.63) is 50.1 Å². The van der Waals surface area contributed by atoms with E-state index < -0.39 is 15.6 Å². The third-order valence-corrected chi connectivity index (χ3v) is 5.96. The molecule has 0 unspecified atom stereocenters. The quantitative estimate of drug-likeness (QED) is 0.767. The standard InChI is InChI=1S/C14H13BrO3S2/c1-9-7-13(10(2)19-9)14(16)8-20(17,18)12-5-3-11(15)4-6-12/h3-7H,8H2,1-2H3. The van der Waals surface area contributed by atoms with Gasteiger partial charge in [-0.3, -0.25) is 4.79 Å². The van der Waals surface area contributed by atoms with Crippen LogP contribution in [0, 0.1) is 13.8 Å². The van der Waals surface area contributed by atoms with Crippen molar-refractivity contribution in [2.75, 3.05) is 5.75 Å². The highest BCUT2D eigenvalue weighted by atomic mass is 79.9. The first-order valence-corrected chi connectivity index (χ1v) is 9.14. The van der Waals surface area contributed by atoms with Crippen molar-refractivity contribution >= 4 is 42.9 Å². The molecule has 0 fully saturated rings. The lowest BCUT2D eigenvalue weighted by Gasteiger charge is -2.04. The number of Topliss-reactive ketones (excluding diaryl/α,β-unsaturated/α-hetero) is 1. The van der Waals surface area contributed by atoms with E-state index in [1.54, 1.807) is 18.2 Å². The fourth-order valence-electron chi connectivity index (χ4n) is 1.88. The number of ketones is 1. The van der Waals surface area contributed by atoms with Crippen LogP contribution in [0.25, 0.3) is 0 Å². The number of rotatable bonds is 4. The van der Waals surface area contributed by atoms with Gasteiger partial charge in [0, 0.05) is 19.8 Å². The van der Waals surface area contributed by atoms with Gasteiger partial charge in [-0.1, -0.05) is 15.9 Å². The molecule has 6 heteroatoms. The maximum absolute atomic E-state index is 12.2. The molecule has 2 rings (SSSR count). The Morgan fingerprint density at radius 3 is 2.30 bits per heavy atom. The Morgan fingerprint density at radius 2 is 1.80 bits per heavy atom. The molecule has 20 heavy (non-hydrogen) atoms. The first kappa shape index (κ1) is 15.4. The van der Waals surface area contributed by atoms with Crippen LogP contribution in [0.1, 0.15) is 20.1 Å². The smallest absolute Gasteiger partial charge is 0.185 e. The molecule has 0 spiro atoms. The summed E-state index contributed by atoms with van der Waals surface area (Å²) in [5, 5.41) is 0. The van der Waals surface area contributed by atoms with Gasteiger partial charge in [0.15, 0.2) is 15.6 Å². The van der Waals surface area contributed by atoms with Gasteiger partial charge in [-0.25, -0.2) is 8.42 Å². The monoisotopic (exact) mass is 372 g/mol. The Balaban J connectivity index is 2.26. The molecule has 1 aromatic carbocycles. The lowest BCUT2D eigenvalue weighted by atomic mass is 10.2. The fourth-order valence-corrected chi connectivity index (χ4v) is 4.31. The van der Waals surface area contributed by atoms with E-state index in [-0.39, 0.29) is 10.7 Å². The highest BCUT2D eigenvalue weighted by Gasteiger charge is 2.22. The highest BCUT2D eigenvalue weighted by molar-refractivity contribution is 9.10. The molecule has 0 N–H and O–H groups in total. The highest BCUT2D eigenvalue weighted by Crippen LogP contribution is 2.23. The zero-order valence-electron chi connectivity index (χ0n) is 11.0. The Kier molecular flexibility index (Phi) is 4.46. The average Bonchev–Trinajstić information content (AvgIpc) is 2.68. The number of halogens is 1. The molecular weight excluding hydrogens is 360 g/mol. The van der Waals surface area contributed by atoms with Crippen molar-refractivity contribution in [2.45, 2.75) is 18.7 Å². The van der Waals surface area contributed by atoms with Gasteiger partial charge < -0.3 is 0 Å². The van der Waals surface area contributed by atoms with Crippen molar-refractivity contribution in [1.29, 1.82) is 0 Å². The topological polar surface area (TPSA) is 51.2 Å². The van der Waals surface area contributed by atoms with Crippen molar-refractivity contribution < 1.29 is 13.2 Å². The van der Waals surface area contributed by atoms with Crippen LogP contribution in [0.5, 0.6) is 0 Å². The predicted octanol–water partition coefficient (Wildman–Crippen LogP) is 3.78. The minimum atomic E-state index is -3.60. The number of hydrogen-bond donors (Lipinski definition) is 0. The maximum atomic E-state index is 12.2. The van der Waals surface area contributed by atoms with E-state index in [4.69, 9.17) is 0 Å². The van der Waals surface area contributed by atoms with Gasteiger partial charge >= 0.3 is 0 Å². The second-order valence-corrected chi connectivity index (χ2v) is 8.83. The molecule has 0 aliphatic rings. The molecular formula is C14H13BrO3S2. The van der Waals surface area contributed by atoms with Crippen molar-refractivity contribution in [1.82, 2.24) is 0 Å². The summed E-state index contributed by atoms with van der Waals surface area (Å²) in [5.41, 5.74) is 0.508. The molecule has 0 aliphatic heterocycles. The molecule has 1 heterocycles. The Bertz CT molecular complexity index is 743. The van der Waals surface area contributed by atoms with E-state index in [0.29, 0.717) is 5.56 Å². The van der Waals surface area contributed by atoms with E-state index in [9.17, 15) is 13.2 Å². The van der Waals surface area contributed by atoms with Crippen LogP contribution in [0.4, 0.5) is 0 Å².